The number of pyridine rings is 1. The van der Waals surface area contributed by atoms with E-state index in [1.807, 2.05) is 6.07 Å². The predicted octanol–water partition coefficient (Wildman–Crippen LogP) is 1.75. The average Bonchev–Trinajstić information content (AvgIpc) is 2.71. The fourth-order valence-corrected chi connectivity index (χ4v) is 1.01. The summed E-state index contributed by atoms with van der Waals surface area (Å²) in [5.41, 5.74) is 0.887. The summed E-state index contributed by atoms with van der Waals surface area (Å²) in [7, 11) is 1.58. The van der Waals surface area contributed by atoms with Crippen molar-refractivity contribution in [3.05, 3.63) is 30.9 Å². The lowest BCUT2D eigenvalue weighted by molar-refractivity contribution is 0.398. The minimum absolute atomic E-state index is 0.586. The molecule has 0 amide bonds. The number of ether oxygens (including phenoxy) is 1. The van der Waals surface area contributed by atoms with Crippen LogP contribution in [0.1, 0.15) is 0 Å². The summed E-state index contributed by atoms with van der Waals surface area (Å²) in [5, 5.41) is 0. The molecule has 4 heteroatoms. The maximum absolute atomic E-state index is 5.10. The van der Waals surface area contributed by atoms with Crippen molar-refractivity contribution in [1.82, 2.24) is 9.97 Å². The second kappa shape index (κ2) is 3.26. The van der Waals surface area contributed by atoms with E-state index in [0.717, 1.165) is 5.56 Å². The molecule has 0 atom stereocenters. The van der Waals surface area contributed by atoms with Crippen molar-refractivity contribution < 1.29 is 9.15 Å². The van der Waals surface area contributed by atoms with Gasteiger partial charge in [-0.15, -0.1) is 0 Å². The van der Waals surface area contributed by atoms with Crippen molar-refractivity contribution in [1.29, 1.82) is 0 Å². The molecule has 0 bridgehead atoms. The summed E-state index contributed by atoms with van der Waals surface area (Å²) in [5.74, 6) is 1.29. The van der Waals surface area contributed by atoms with Gasteiger partial charge in [0.05, 0.1) is 13.3 Å². The Kier molecular flexibility index (Phi) is 1.96. The zero-order valence-electron chi connectivity index (χ0n) is 7.10. The third-order valence-corrected chi connectivity index (χ3v) is 1.66. The summed E-state index contributed by atoms with van der Waals surface area (Å²) < 4.78 is 10.0. The molecule has 2 rings (SSSR count). The number of hydrogen-bond acceptors (Lipinski definition) is 4. The van der Waals surface area contributed by atoms with Gasteiger partial charge < -0.3 is 9.15 Å². The third-order valence-electron chi connectivity index (χ3n) is 1.66. The molecule has 0 radical (unpaired) electrons. The van der Waals surface area contributed by atoms with E-state index in [-0.39, 0.29) is 0 Å². The van der Waals surface area contributed by atoms with Crippen LogP contribution in [0.25, 0.3) is 11.3 Å². The Morgan fingerprint density at radius 1 is 1.31 bits per heavy atom. The lowest BCUT2D eigenvalue weighted by atomic mass is 10.2. The van der Waals surface area contributed by atoms with Gasteiger partial charge in [0, 0.05) is 17.8 Å². The Hall–Kier alpha value is -1.84. The van der Waals surface area contributed by atoms with E-state index in [9.17, 15) is 0 Å². The highest BCUT2D eigenvalue weighted by Gasteiger charge is 2.01. The molecule has 0 aliphatic heterocycles. The molecule has 0 fully saturated rings. The normalized spacial score (nSPS) is 9.92. The predicted molar refractivity (Wildman–Crippen MR) is 46.3 cm³/mol. The first-order chi connectivity index (χ1) is 6.40. The summed E-state index contributed by atoms with van der Waals surface area (Å²) in [6.07, 6.45) is 4.71. The van der Waals surface area contributed by atoms with Gasteiger partial charge in [-0.05, 0) is 6.07 Å². The van der Waals surface area contributed by atoms with Crippen molar-refractivity contribution in [2.75, 3.05) is 7.11 Å². The fourth-order valence-electron chi connectivity index (χ4n) is 1.01. The van der Waals surface area contributed by atoms with Crippen LogP contribution >= 0.6 is 0 Å². The van der Waals surface area contributed by atoms with Crippen molar-refractivity contribution >= 4 is 0 Å². The topological polar surface area (TPSA) is 48.2 Å². The third kappa shape index (κ3) is 1.51. The Labute approximate surface area is 75.2 Å². The van der Waals surface area contributed by atoms with Crippen LogP contribution in [0.4, 0.5) is 0 Å². The standard InChI is InChI=1S/C9H8N2O2/c1-12-9-3-2-7(4-11-9)8-5-10-6-13-8/h2-6H,1H3. The van der Waals surface area contributed by atoms with Crippen LogP contribution in [0.3, 0.4) is 0 Å². The van der Waals surface area contributed by atoms with Gasteiger partial charge in [0.25, 0.3) is 0 Å². The molecule has 0 aliphatic carbocycles. The summed E-state index contributed by atoms with van der Waals surface area (Å²) >= 11 is 0. The molecular weight excluding hydrogens is 168 g/mol. The number of hydrogen-bond donors (Lipinski definition) is 0. The number of rotatable bonds is 2. The van der Waals surface area contributed by atoms with E-state index in [2.05, 4.69) is 9.97 Å². The van der Waals surface area contributed by atoms with E-state index >= 15 is 0 Å². The summed E-state index contributed by atoms with van der Waals surface area (Å²) in [6, 6.07) is 3.64. The minimum atomic E-state index is 0.586. The first-order valence-electron chi connectivity index (χ1n) is 3.79. The Bertz CT molecular complexity index is 367. The minimum Gasteiger partial charge on any atom is -0.481 e. The van der Waals surface area contributed by atoms with Gasteiger partial charge in [0.15, 0.2) is 12.2 Å². The Balaban J connectivity index is 2.33. The molecular formula is C9H8N2O2. The molecule has 0 N–H and O–H groups in total. The first-order valence-corrected chi connectivity index (χ1v) is 3.79. The highest BCUT2D eigenvalue weighted by Crippen LogP contribution is 2.18. The Morgan fingerprint density at radius 2 is 2.23 bits per heavy atom. The van der Waals surface area contributed by atoms with Gasteiger partial charge in [-0.3, -0.25) is 0 Å². The zero-order valence-corrected chi connectivity index (χ0v) is 7.10. The second-order valence-electron chi connectivity index (χ2n) is 2.45. The van der Waals surface area contributed by atoms with Crippen LogP contribution in [0.2, 0.25) is 0 Å². The SMILES string of the molecule is COc1ccc(-c2cnco2)cn1. The number of methoxy groups -OCH3 is 1. The lowest BCUT2D eigenvalue weighted by Crippen LogP contribution is -1.86. The maximum atomic E-state index is 5.10. The molecule has 2 aromatic heterocycles. The first kappa shape index (κ1) is 7.79. The highest BCUT2D eigenvalue weighted by molar-refractivity contribution is 5.54. The molecule has 66 valence electrons. The molecule has 0 spiro atoms. The van der Waals surface area contributed by atoms with E-state index < -0.39 is 0 Å². The molecule has 0 aromatic carbocycles. The zero-order chi connectivity index (χ0) is 9.10. The molecule has 0 aliphatic rings. The molecule has 0 saturated carbocycles. The monoisotopic (exact) mass is 176 g/mol. The quantitative estimate of drug-likeness (QED) is 0.699. The fraction of sp³-hybridized carbons (Fsp3) is 0.111. The van der Waals surface area contributed by atoms with Crippen LogP contribution in [0, 0.1) is 0 Å². The van der Waals surface area contributed by atoms with Crippen LogP contribution in [-0.2, 0) is 0 Å². The molecule has 0 saturated heterocycles. The van der Waals surface area contributed by atoms with Crippen molar-refractivity contribution in [2.24, 2.45) is 0 Å². The average molecular weight is 176 g/mol. The van der Waals surface area contributed by atoms with Crippen molar-refractivity contribution in [3.8, 4) is 17.2 Å². The highest BCUT2D eigenvalue weighted by atomic mass is 16.5. The smallest absolute Gasteiger partial charge is 0.212 e. The number of aromatic nitrogens is 2. The van der Waals surface area contributed by atoms with Crippen molar-refractivity contribution in [3.63, 3.8) is 0 Å². The summed E-state index contributed by atoms with van der Waals surface area (Å²) in [6.45, 7) is 0. The van der Waals surface area contributed by atoms with Gasteiger partial charge in [-0.25, -0.2) is 9.97 Å². The second-order valence-corrected chi connectivity index (χ2v) is 2.45. The van der Waals surface area contributed by atoms with Gasteiger partial charge in [0.2, 0.25) is 5.88 Å². The van der Waals surface area contributed by atoms with E-state index in [1.165, 1.54) is 6.39 Å². The molecule has 4 nitrogen and oxygen atoms in total. The van der Waals surface area contributed by atoms with Gasteiger partial charge in [-0.1, -0.05) is 0 Å². The van der Waals surface area contributed by atoms with Crippen LogP contribution in [0.15, 0.2) is 35.3 Å². The van der Waals surface area contributed by atoms with E-state index in [1.54, 1.807) is 25.6 Å². The van der Waals surface area contributed by atoms with E-state index in [0.29, 0.717) is 11.6 Å². The van der Waals surface area contributed by atoms with Crippen molar-refractivity contribution in [2.45, 2.75) is 0 Å². The van der Waals surface area contributed by atoms with Crippen LogP contribution in [0.5, 0.6) is 5.88 Å². The van der Waals surface area contributed by atoms with Gasteiger partial charge in [0.1, 0.15) is 0 Å². The largest absolute Gasteiger partial charge is 0.481 e. The molecule has 0 unspecified atom stereocenters. The van der Waals surface area contributed by atoms with E-state index in [4.69, 9.17) is 9.15 Å². The molecule has 2 aromatic rings. The van der Waals surface area contributed by atoms with Crippen LogP contribution in [-0.4, -0.2) is 17.1 Å². The lowest BCUT2D eigenvalue weighted by Gasteiger charge is -1.98. The number of nitrogens with zero attached hydrogens (tertiary/aromatic N) is 2. The van der Waals surface area contributed by atoms with Gasteiger partial charge in [-0.2, -0.15) is 0 Å². The summed E-state index contributed by atoms with van der Waals surface area (Å²) in [4.78, 5) is 7.86. The maximum Gasteiger partial charge on any atom is 0.212 e. The number of oxazole rings is 1. The molecule has 13 heavy (non-hydrogen) atoms. The molecule has 2 heterocycles. The van der Waals surface area contributed by atoms with Gasteiger partial charge >= 0.3 is 0 Å². The Morgan fingerprint density at radius 3 is 2.77 bits per heavy atom. The van der Waals surface area contributed by atoms with Crippen LogP contribution < -0.4 is 4.74 Å².